The van der Waals surface area contributed by atoms with E-state index in [2.05, 4.69) is 15.3 Å². The average Bonchev–Trinajstić information content (AvgIpc) is 3.25. The number of para-hydroxylation sites is 2. The topological polar surface area (TPSA) is 95.2 Å². The molecule has 10 heteroatoms. The summed E-state index contributed by atoms with van der Waals surface area (Å²) in [4.78, 5) is 20.4. The third kappa shape index (κ3) is 6.14. The number of carbonyl (C=O) groups excluding carboxylic acids is 1. The van der Waals surface area contributed by atoms with Gasteiger partial charge in [0.2, 0.25) is 10.0 Å². The number of nitrogens with one attached hydrogen (secondary N) is 2. The van der Waals surface area contributed by atoms with Crippen LogP contribution in [0.3, 0.4) is 0 Å². The van der Waals surface area contributed by atoms with Crippen LogP contribution in [-0.2, 0) is 23.0 Å². The number of imidazole rings is 1. The fraction of sp³-hybridized carbons (Fsp3) is 0.200. The van der Waals surface area contributed by atoms with Crippen LogP contribution in [0, 0.1) is 0 Å². The number of rotatable bonds is 9. The summed E-state index contributed by atoms with van der Waals surface area (Å²) in [5, 5.41) is 3.55. The number of aryl methyl sites for hydroxylation is 1. The number of hydrogen-bond acceptors (Lipinski definition) is 4. The van der Waals surface area contributed by atoms with Crippen LogP contribution in [-0.4, -0.2) is 37.1 Å². The van der Waals surface area contributed by atoms with Crippen molar-refractivity contribution in [3.8, 4) is 0 Å². The molecule has 0 fully saturated rings. The standard InChI is InChI=1S/C25H24Cl2N4O3S/c1-35(33,34)31(16-18-6-4-7-20(26)24(18)27)19-13-11-17(12-14-19)25(32)28-15-5-10-23-29-21-8-2-3-9-22(21)30-23/h2-4,6-9,11-14H,5,10,15-16H2,1H3,(H,28,32)(H,29,30). The van der Waals surface area contributed by atoms with Gasteiger partial charge in [0.15, 0.2) is 0 Å². The Hall–Kier alpha value is -3.07. The van der Waals surface area contributed by atoms with Crippen molar-refractivity contribution < 1.29 is 13.2 Å². The smallest absolute Gasteiger partial charge is 0.251 e. The molecule has 0 saturated heterocycles. The molecular formula is C25H24Cl2N4O3S. The summed E-state index contributed by atoms with van der Waals surface area (Å²) in [6, 6.07) is 19.3. The summed E-state index contributed by atoms with van der Waals surface area (Å²) in [7, 11) is -3.61. The van der Waals surface area contributed by atoms with E-state index in [0.29, 0.717) is 39.8 Å². The van der Waals surface area contributed by atoms with Crippen molar-refractivity contribution in [2.75, 3.05) is 17.1 Å². The number of sulfonamides is 1. The molecular weight excluding hydrogens is 507 g/mol. The Bertz CT molecular complexity index is 1420. The zero-order valence-electron chi connectivity index (χ0n) is 19.0. The van der Waals surface area contributed by atoms with Crippen molar-refractivity contribution in [2.24, 2.45) is 0 Å². The van der Waals surface area contributed by atoms with Crippen LogP contribution in [0.1, 0.15) is 28.2 Å². The zero-order valence-corrected chi connectivity index (χ0v) is 21.3. The molecule has 7 nitrogen and oxygen atoms in total. The van der Waals surface area contributed by atoms with E-state index in [-0.39, 0.29) is 12.5 Å². The van der Waals surface area contributed by atoms with Crippen molar-refractivity contribution in [1.82, 2.24) is 15.3 Å². The van der Waals surface area contributed by atoms with Crippen LogP contribution >= 0.6 is 23.2 Å². The van der Waals surface area contributed by atoms with Gasteiger partial charge in [-0.15, -0.1) is 0 Å². The Morgan fingerprint density at radius 3 is 2.49 bits per heavy atom. The van der Waals surface area contributed by atoms with Gasteiger partial charge in [0.25, 0.3) is 5.91 Å². The van der Waals surface area contributed by atoms with Gasteiger partial charge in [-0.2, -0.15) is 0 Å². The lowest BCUT2D eigenvalue weighted by atomic mass is 10.1. The minimum atomic E-state index is -3.61. The van der Waals surface area contributed by atoms with E-state index in [0.717, 1.165) is 29.5 Å². The second kappa shape index (κ2) is 10.7. The Balaban J connectivity index is 1.37. The van der Waals surface area contributed by atoms with E-state index in [1.807, 2.05) is 24.3 Å². The Morgan fingerprint density at radius 1 is 1.03 bits per heavy atom. The third-order valence-electron chi connectivity index (χ3n) is 5.48. The van der Waals surface area contributed by atoms with Gasteiger partial charge in [-0.1, -0.05) is 47.5 Å². The molecule has 0 saturated carbocycles. The molecule has 3 aromatic carbocycles. The van der Waals surface area contributed by atoms with Crippen LogP contribution in [0.25, 0.3) is 11.0 Å². The number of carbonyl (C=O) groups is 1. The summed E-state index contributed by atoms with van der Waals surface area (Å²) < 4.78 is 26.1. The van der Waals surface area contributed by atoms with Gasteiger partial charge < -0.3 is 10.3 Å². The fourth-order valence-corrected chi connectivity index (χ4v) is 4.95. The van der Waals surface area contributed by atoms with Crippen LogP contribution in [0.15, 0.2) is 66.7 Å². The first kappa shape index (κ1) is 25.0. The summed E-state index contributed by atoms with van der Waals surface area (Å²) in [5.41, 5.74) is 3.35. The normalized spacial score (nSPS) is 11.5. The third-order valence-corrected chi connectivity index (χ3v) is 7.48. The Morgan fingerprint density at radius 2 is 1.77 bits per heavy atom. The first-order valence-corrected chi connectivity index (χ1v) is 13.6. The molecule has 4 rings (SSSR count). The van der Waals surface area contributed by atoms with E-state index in [1.165, 1.54) is 4.31 Å². The Labute approximate surface area is 214 Å². The van der Waals surface area contributed by atoms with E-state index in [1.54, 1.807) is 42.5 Å². The molecule has 4 aromatic rings. The first-order chi connectivity index (χ1) is 16.7. The number of H-pyrrole nitrogens is 1. The minimum Gasteiger partial charge on any atom is -0.352 e. The average molecular weight is 531 g/mol. The highest BCUT2D eigenvalue weighted by molar-refractivity contribution is 7.92. The SMILES string of the molecule is CS(=O)(=O)N(Cc1cccc(Cl)c1Cl)c1ccc(C(=O)NCCCc2nc3ccccc3[nH]2)cc1. The Kier molecular flexibility index (Phi) is 7.64. The van der Waals surface area contributed by atoms with Crippen LogP contribution in [0.2, 0.25) is 10.0 Å². The maximum absolute atomic E-state index is 12.5. The number of hydrogen-bond donors (Lipinski definition) is 2. The van der Waals surface area contributed by atoms with E-state index >= 15 is 0 Å². The molecule has 0 atom stereocenters. The van der Waals surface area contributed by atoms with Crippen LogP contribution in [0.5, 0.6) is 0 Å². The number of fused-ring (bicyclic) bond motifs is 1. The number of halogens is 2. The highest BCUT2D eigenvalue weighted by Crippen LogP contribution is 2.29. The van der Waals surface area contributed by atoms with Gasteiger partial charge in [-0.25, -0.2) is 13.4 Å². The van der Waals surface area contributed by atoms with Gasteiger partial charge in [0.1, 0.15) is 5.82 Å². The second-order valence-electron chi connectivity index (χ2n) is 8.09. The van der Waals surface area contributed by atoms with Crippen LogP contribution in [0.4, 0.5) is 5.69 Å². The van der Waals surface area contributed by atoms with Crippen molar-refractivity contribution in [1.29, 1.82) is 0 Å². The molecule has 1 amide bonds. The second-order valence-corrected chi connectivity index (χ2v) is 10.8. The number of anilines is 1. The highest BCUT2D eigenvalue weighted by atomic mass is 35.5. The van der Waals surface area contributed by atoms with Crippen molar-refractivity contribution in [3.05, 3.63) is 93.7 Å². The molecule has 0 aliphatic carbocycles. The molecule has 0 radical (unpaired) electrons. The molecule has 0 aliphatic rings. The lowest BCUT2D eigenvalue weighted by Crippen LogP contribution is -2.29. The number of aromatic amines is 1. The lowest BCUT2D eigenvalue weighted by molar-refractivity contribution is 0.0953. The summed E-state index contributed by atoms with van der Waals surface area (Å²) >= 11 is 12.3. The maximum atomic E-state index is 12.5. The summed E-state index contributed by atoms with van der Waals surface area (Å²) in [5.74, 6) is 0.649. The predicted molar refractivity (Wildman–Crippen MR) is 141 cm³/mol. The van der Waals surface area contributed by atoms with Gasteiger partial charge in [-0.05, 0) is 54.4 Å². The number of nitrogens with zero attached hydrogens (tertiary/aromatic N) is 2. The molecule has 182 valence electrons. The van der Waals surface area contributed by atoms with Gasteiger partial charge in [-0.3, -0.25) is 9.10 Å². The van der Waals surface area contributed by atoms with Gasteiger partial charge >= 0.3 is 0 Å². The van der Waals surface area contributed by atoms with Crippen molar-refractivity contribution in [3.63, 3.8) is 0 Å². The molecule has 35 heavy (non-hydrogen) atoms. The molecule has 0 bridgehead atoms. The molecule has 0 aliphatic heterocycles. The quantitative estimate of drug-likeness (QED) is 0.291. The molecule has 0 unspecified atom stereocenters. The van der Waals surface area contributed by atoms with Crippen LogP contribution < -0.4 is 9.62 Å². The van der Waals surface area contributed by atoms with E-state index in [9.17, 15) is 13.2 Å². The van der Waals surface area contributed by atoms with Crippen molar-refractivity contribution in [2.45, 2.75) is 19.4 Å². The van der Waals surface area contributed by atoms with Gasteiger partial charge in [0, 0.05) is 18.5 Å². The lowest BCUT2D eigenvalue weighted by Gasteiger charge is -2.23. The molecule has 0 spiro atoms. The first-order valence-electron chi connectivity index (χ1n) is 10.9. The molecule has 2 N–H and O–H groups in total. The maximum Gasteiger partial charge on any atom is 0.251 e. The van der Waals surface area contributed by atoms with E-state index in [4.69, 9.17) is 23.2 Å². The highest BCUT2D eigenvalue weighted by Gasteiger charge is 2.20. The number of aromatic nitrogens is 2. The largest absolute Gasteiger partial charge is 0.352 e. The van der Waals surface area contributed by atoms with Crippen molar-refractivity contribution >= 4 is 55.9 Å². The summed E-state index contributed by atoms with van der Waals surface area (Å²) in [6.07, 6.45) is 2.56. The summed E-state index contributed by atoms with van der Waals surface area (Å²) in [6.45, 7) is 0.506. The molecule has 1 heterocycles. The zero-order chi connectivity index (χ0) is 25.0. The number of amides is 1. The van der Waals surface area contributed by atoms with E-state index < -0.39 is 10.0 Å². The predicted octanol–water partition coefficient (Wildman–Crippen LogP) is 5.20. The monoisotopic (exact) mass is 530 g/mol. The minimum absolute atomic E-state index is 0.0194. The molecule has 1 aromatic heterocycles. The number of benzene rings is 3. The fourth-order valence-electron chi connectivity index (χ4n) is 3.69. The van der Waals surface area contributed by atoms with Gasteiger partial charge in [0.05, 0.1) is 39.6 Å².